The van der Waals surface area contributed by atoms with Gasteiger partial charge >= 0.3 is 0 Å². The maximum atomic E-state index is 14.5. The largest absolute Gasteiger partial charge is 0.378 e. The molecule has 0 radical (unpaired) electrons. The SMILES string of the molecule is C/C=C(\CN1CCN(C2COC2)CC1)C(=O)Nc1cccc([C@@H]2c3cnn(-c4ccccc4)c3N(CC)C(=O)C2NC(=O)c2ccn(C3CC3)n2)c1. The first kappa shape index (κ1) is 34.0. The molecule has 1 unspecified atom stereocenters. The van der Waals surface area contributed by atoms with E-state index >= 15 is 0 Å². The summed E-state index contributed by atoms with van der Waals surface area (Å²) in [5, 5.41) is 15.5. The molecular formula is C39H45N9O4. The van der Waals surface area contributed by atoms with E-state index in [4.69, 9.17) is 9.84 Å². The summed E-state index contributed by atoms with van der Waals surface area (Å²) in [5.41, 5.74) is 3.95. The Morgan fingerprint density at radius 2 is 1.77 bits per heavy atom. The molecule has 13 nitrogen and oxygen atoms in total. The van der Waals surface area contributed by atoms with Gasteiger partial charge in [-0.25, -0.2) is 4.68 Å². The third kappa shape index (κ3) is 6.67. The molecule has 0 spiro atoms. The van der Waals surface area contributed by atoms with E-state index in [2.05, 4.69) is 25.5 Å². The number of likely N-dealkylation sites (N-methyl/N-ethyl adjacent to an activating group) is 1. The molecule has 2 atom stereocenters. The second-order valence-electron chi connectivity index (χ2n) is 14.0. The number of nitrogens with one attached hydrogen (secondary N) is 2. The van der Waals surface area contributed by atoms with E-state index in [1.165, 1.54) is 0 Å². The van der Waals surface area contributed by atoms with Crippen molar-refractivity contribution in [1.29, 1.82) is 0 Å². The maximum Gasteiger partial charge on any atom is 0.272 e. The van der Waals surface area contributed by atoms with Gasteiger partial charge in [0.15, 0.2) is 0 Å². The van der Waals surface area contributed by atoms with Crippen LogP contribution in [0.15, 0.2) is 84.7 Å². The van der Waals surface area contributed by atoms with Crippen LogP contribution in [0.2, 0.25) is 0 Å². The fraction of sp³-hybridized carbons (Fsp3) is 0.410. The van der Waals surface area contributed by atoms with Crippen LogP contribution in [0.5, 0.6) is 0 Å². The number of rotatable bonds is 11. The van der Waals surface area contributed by atoms with Gasteiger partial charge in [-0.15, -0.1) is 0 Å². The molecule has 52 heavy (non-hydrogen) atoms. The van der Waals surface area contributed by atoms with Crippen LogP contribution in [0, 0.1) is 0 Å². The number of fused-ring (bicyclic) bond motifs is 1. The Morgan fingerprint density at radius 1 is 0.981 bits per heavy atom. The third-order valence-electron chi connectivity index (χ3n) is 10.7. The van der Waals surface area contributed by atoms with Gasteiger partial charge in [-0.2, -0.15) is 10.2 Å². The number of amides is 3. The molecule has 1 aliphatic carbocycles. The predicted molar refractivity (Wildman–Crippen MR) is 197 cm³/mol. The zero-order valence-electron chi connectivity index (χ0n) is 29.6. The van der Waals surface area contributed by atoms with Crippen LogP contribution in [-0.2, 0) is 14.3 Å². The van der Waals surface area contributed by atoms with E-state index in [1.807, 2.05) is 85.4 Å². The zero-order chi connectivity index (χ0) is 35.8. The Balaban J connectivity index is 1.07. The van der Waals surface area contributed by atoms with Crippen molar-refractivity contribution in [3.05, 3.63) is 102 Å². The minimum Gasteiger partial charge on any atom is -0.378 e. The predicted octanol–water partition coefficient (Wildman–Crippen LogP) is 3.60. The van der Waals surface area contributed by atoms with Crippen molar-refractivity contribution in [2.75, 3.05) is 62.7 Å². The molecule has 2 N–H and O–H groups in total. The molecule has 8 rings (SSSR count). The lowest BCUT2D eigenvalue weighted by Crippen LogP contribution is -2.56. The Bertz CT molecular complexity index is 1970. The zero-order valence-corrected chi connectivity index (χ0v) is 29.6. The Morgan fingerprint density at radius 3 is 2.46 bits per heavy atom. The van der Waals surface area contributed by atoms with Gasteiger partial charge in [0.05, 0.1) is 37.2 Å². The number of nitrogens with zero attached hydrogens (tertiary/aromatic N) is 7. The topological polar surface area (TPSA) is 130 Å². The quantitative estimate of drug-likeness (QED) is 0.227. The van der Waals surface area contributed by atoms with E-state index in [9.17, 15) is 14.4 Å². The number of para-hydroxylation sites is 1. The standard InChI is InChI=1S/C39H45N9O4/c1-3-26(23-44-17-19-45(20-18-44)31-24-52-25-31)36(49)41-28-10-8-9-27(21-28)34-32-22-40-48(30-11-6-5-7-12-30)38(32)46(4-2)39(51)35(34)42-37(50)33-15-16-47(43-33)29-13-14-29/h3,5-12,15-16,21-22,29,31,34-35H,4,13-14,17-20,23-25H2,1-2H3,(H,41,49)(H,42,50)/b26-3+/t34-,35?/m1/s1. The molecule has 5 heterocycles. The van der Waals surface area contributed by atoms with Crippen LogP contribution < -0.4 is 15.5 Å². The lowest BCUT2D eigenvalue weighted by Gasteiger charge is -2.42. The lowest BCUT2D eigenvalue weighted by atomic mass is 9.82. The van der Waals surface area contributed by atoms with E-state index < -0.39 is 17.9 Å². The van der Waals surface area contributed by atoms with Crippen LogP contribution >= 0.6 is 0 Å². The summed E-state index contributed by atoms with van der Waals surface area (Å²) < 4.78 is 8.98. The summed E-state index contributed by atoms with van der Waals surface area (Å²) in [6.07, 6.45) is 7.57. The molecule has 0 bridgehead atoms. The second-order valence-corrected chi connectivity index (χ2v) is 14.0. The van der Waals surface area contributed by atoms with Gasteiger partial charge in [-0.3, -0.25) is 33.8 Å². The van der Waals surface area contributed by atoms with Gasteiger partial charge in [0, 0.05) is 68.2 Å². The molecule has 4 aromatic rings. The van der Waals surface area contributed by atoms with Crippen LogP contribution in [-0.4, -0.2) is 112 Å². The van der Waals surface area contributed by atoms with Gasteiger partial charge < -0.3 is 15.4 Å². The number of anilines is 2. The van der Waals surface area contributed by atoms with Crippen LogP contribution in [0.25, 0.3) is 5.69 Å². The summed E-state index contributed by atoms with van der Waals surface area (Å²) in [7, 11) is 0. The third-order valence-corrected chi connectivity index (χ3v) is 10.7. The highest BCUT2D eigenvalue weighted by Gasteiger charge is 2.44. The van der Waals surface area contributed by atoms with Crippen molar-refractivity contribution in [3.63, 3.8) is 0 Å². The molecule has 3 amide bonds. The summed E-state index contributed by atoms with van der Waals surface area (Å²) in [5.74, 6) is -0.763. The Kier molecular flexibility index (Phi) is 9.47. The van der Waals surface area contributed by atoms with E-state index in [-0.39, 0.29) is 17.5 Å². The average molecular weight is 704 g/mol. The molecule has 1 saturated carbocycles. The van der Waals surface area contributed by atoms with Crippen molar-refractivity contribution in [2.45, 2.75) is 50.7 Å². The molecule has 2 aromatic heterocycles. The maximum absolute atomic E-state index is 14.5. The normalized spacial score (nSPS) is 21.5. The second kappa shape index (κ2) is 14.5. The minimum atomic E-state index is -0.943. The molecule has 3 aliphatic heterocycles. The molecule has 4 aliphatic rings. The molecule has 270 valence electrons. The number of aromatic nitrogens is 4. The first-order chi connectivity index (χ1) is 25.4. The molecule has 2 aromatic carbocycles. The van der Waals surface area contributed by atoms with Gasteiger partial charge in [-0.1, -0.05) is 36.4 Å². The number of carbonyl (C=O) groups excluding carboxylic acids is 3. The highest BCUT2D eigenvalue weighted by Crippen LogP contribution is 2.42. The van der Waals surface area contributed by atoms with Crippen molar-refractivity contribution < 1.29 is 19.1 Å². The smallest absolute Gasteiger partial charge is 0.272 e. The Labute approximate surface area is 303 Å². The van der Waals surface area contributed by atoms with Gasteiger partial charge in [0.2, 0.25) is 0 Å². The number of hydrogen-bond acceptors (Lipinski definition) is 8. The highest BCUT2D eigenvalue weighted by molar-refractivity contribution is 6.05. The van der Waals surface area contributed by atoms with Crippen molar-refractivity contribution in [1.82, 2.24) is 34.7 Å². The number of ether oxygens (including phenoxy) is 1. The summed E-state index contributed by atoms with van der Waals surface area (Å²) in [4.78, 5) is 48.4. The van der Waals surface area contributed by atoms with E-state index in [0.29, 0.717) is 42.3 Å². The van der Waals surface area contributed by atoms with Crippen molar-refractivity contribution >= 4 is 29.2 Å². The van der Waals surface area contributed by atoms with Crippen molar-refractivity contribution in [2.24, 2.45) is 0 Å². The number of allylic oxidation sites excluding steroid dienone is 1. The molecule has 2 saturated heterocycles. The fourth-order valence-electron chi connectivity index (χ4n) is 7.51. The lowest BCUT2D eigenvalue weighted by molar-refractivity contribution is -0.121. The molecule has 13 heteroatoms. The molecular weight excluding hydrogens is 658 g/mol. The fourth-order valence-corrected chi connectivity index (χ4v) is 7.51. The van der Waals surface area contributed by atoms with Crippen LogP contribution in [0.3, 0.4) is 0 Å². The van der Waals surface area contributed by atoms with Gasteiger partial charge in [0.1, 0.15) is 17.6 Å². The van der Waals surface area contributed by atoms with Gasteiger partial charge in [0.25, 0.3) is 17.7 Å². The van der Waals surface area contributed by atoms with Crippen LogP contribution in [0.4, 0.5) is 11.5 Å². The highest BCUT2D eigenvalue weighted by atomic mass is 16.5. The van der Waals surface area contributed by atoms with E-state index in [0.717, 1.165) is 69.0 Å². The summed E-state index contributed by atoms with van der Waals surface area (Å²) in [6, 6.07) is 18.9. The summed E-state index contributed by atoms with van der Waals surface area (Å²) >= 11 is 0. The average Bonchev–Trinajstić information content (AvgIpc) is 3.71. The molecule has 3 fully saturated rings. The first-order valence-corrected chi connectivity index (χ1v) is 18.3. The van der Waals surface area contributed by atoms with Crippen molar-refractivity contribution in [3.8, 4) is 5.69 Å². The van der Waals surface area contributed by atoms with Crippen LogP contribution in [0.1, 0.15) is 60.3 Å². The Hall–Kier alpha value is -5.11. The van der Waals surface area contributed by atoms with E-state index in [1.54, 1.807) is 21.8 Å². The minimum absolute atomic E-state index is 0.167. The number of carbonyl (C=O) groups is 3. The number of benzene rings is 2. The monoisotopic (exact) mass is 703 g/mol. The first-order valence-electron chi connectivity index (χ1n) is 18.3. The number of piperazine rings is 1. The van der Waals surface area contributed by atoms with Gasteiger partial charge in [-0.05, 0) is 62.6 Å². The number of hydrogen-bond donors (Lipinski definition) is 2. The summed E-state index contributed by atoms with van der Waals surface area (Å²) in [6.45, 7) is 10.1.